The first-order valence-corrected chi connectivity index (χ1v) is 11.4. The van der Waals surface area contributed by atoms with Crippen molar-refractivity contribution in [2.75, 3.05) is 18.1 Å². The van der Waals surface area contributed by atoms with Crippen LogP contribution >= 0.6 is 0 Å². The summed E-state index contributed by atoms with van der Waals surface area (Å²) >= 11 is 0. The van der Waals surface area contributed by atoms with Gasteiger partial charge in [-0.2, -0.15) is 0 Å². The average molecular weight is 440 g/mol. The van der Waals surface area contributed by atoms with Crippen molar-refractivity contribution < 1.29 is 9.57 Å². The van der Waals surface area contributed by atoms with Crippen molar-refractivity contribution in [2.45, 2.75) is 32.0 Å². The van der Waals surface area contributed by atoms with E-state index in [1.54, 1.807) is 12.5 Å². The molecule has 1 atom stereocenters. The second kappa shape index (κ2) is 8.42. The Morgan fingerprint density at radius 3 is 2.91 bits per heavy atom. The first kappa shape index (κ1) is 20.1. The summed E-state index contributed by atoms with van der Waals surface area (Å²) < 4.78 is 5.60. The summed E-state index contributed by atoms with van der Waals surface area (Å²) in [5.74, 6) is 0.863. The van der Waals surface area contributed by atoms with Gasteiger partial charge in [-0.1, -0.05) is 49.0 Å². The van der Waals surface area contributed by atoms with Crippen LogP contribution in [0.4, 0.5) is 17.2 Å². The predicted molar refractivity (Wildman–Crippen MR) is 128 cm³/mol. The van der Waals surface area contributed by atoms with Crippen molar-refractivity contribution in [1.82, 2.24) is 15.4 Å². The van der Waals surface area contributed by atoms with Gasteiger partial charge in [-0.25, -0.2) is 19.8 Å². The van der Waals surface area contributed by atoms with Crippen LogP contribution < -0.4 is 10.4 Å². The Kier molecular flexibility index (Phi) is 5.13. The third-order valence-electron chi connectivity index (χ3n) is 6.37. The number of benzene rings is 2. The lowest BCUT2D eigenvalue weighted by molar-refractivity contribution is -0.184. The molecule has 3 aliphatic heterocycles. The maximum absolute atomic E-state index is 5.66. The maximum atomic E-state index is 5.66. The minimum atomic E-state index is -0.222. The molecule has 1 unspecified atom stereocenters. The molecule has 0 bridgehead atoms. The van der Waals surface area contributed by atoms with Gasteiger partial charge in [-0.15, -0.1) is 0 Å². The topological polar surface area (TPSA) is 71.9 Å². The number of hydrogen-bond acceptors (Lipinski definition) is 7. The molecule has 0 aliphatic carbocycles. The fraction of sp³-hybridized carbons (Fsp3) is 0.269. The van der Waals surface area contributed by atoms with E-state index >= 15 is 0 Å². The molecule has 6 rings (SSSR count). The summed E-state index contributed by atoms with van der Waals surface area (Å²) in [6.45, 7) is 5.75. The van der Waals surface area contributed by atoms with Gasteiger partial charge in [-0.3, -0.25) is 5.48 Å². The second-order valence-electron chi connectivity index (χ2n) is 8.48. The lowest BCUT2D eigenvalue weighted by Crippen LogP contribution is -2.28. The number of para-hydroxylation sites is 1. The third kappa shape index (κ3) is 3.69. The zero-order valence-corrected chi connectivity index (χ0v) is 18.3. The fourth-order valence-corrected chi connectivity index (χ4v) is 4.69. The Labute approximate surface area is 192 Å². The van der Waals surface area contributed by atoms with E-state index in [0.29, 0.717) is 5.70 Å². The number of aliphatic imine (C=N–C) groups is 1. The van der Waals surface area contributed by atoms with E-state index in [0.717, 1.165) is 72.7 Å². The highest BCUT2D eigenvalue weighted by Crippen LogP contribution is 2.43. The zero-order chi connectivity index (χ0) is 22.2. The molecule has 2 aromatic carbocycles. The molecule has 0 radical (unpaired) electrons. The van der Waals surface area contributed by atoms with Gasteiger partial charge < -0.3 is 9.64 Å². The van der Waals surface area contributed by atoms with Crippen molar-refractivity contribution in [1.29, 1.82) is 0 Å². The van der Waals surface area contributed by atoms with Crippen LogP contribution in [0.5, 0.6) is 0 Å². The van der Waals surface area contributed by atoms with Gasteiger partial charge in [0.25, 0.3) is 0 Å². The Bertz CT molecular complexity index is 1230. The number of nitrogens with one attached hydrogen (secondary N) is 1. The molecule has 0 spiro atoms. The zero-order valence-electron chi connectivity index (χ0n) is 18.3. The molecule has 1 N–H and O–H groups in total. The van der Waals surface area contributed by atoms with Gasteiger partial charge in [-0.05, 0) is 30.4 Å². The average Bonchev–Trinajstić information content (AvgIpc) is 3.25. The van der Waals surface area contributed by atoms with Gasteiger partial charge in [0.2, 0.25) is 0 Å². The van der Waals surface area contributed by atoms with E-state index < -0.39 is 0 Å². The van der Waals surface area contributed by atoms with E-state index in [4.69, 9.17) is 14.6 Å². The molecular formula is C26H25N5O2. The molecule has 1 aromatic heterocycles. The number of ether oxygens (including phenoxy) is 1. The monoisotopic (exact) mass is 439 g/mol. The SMILES string of the molecule is C=C(NOC1CCCCO1)c1ccc(C2=Nc3cncnc3N3CCc4cccc2c43)cc1. The summed E-state index contributed by atoms with van der Waals surface area (Å²) in [5.41, 5.74) is 11.0. The smallest absolute Gasteiger partial charge is 0.183 e. The Hall–Kier alpha value is -3.55. The molecule has 1 saturated heterocycles. The molecule has 7 heteroatoms. The van der Waals surface area contributed by atoms with Crippen LogP contribution in [0.1, 0.15) is 41.5 Å². The molecule has 4 heterocycles. The molecule has 1 fully saturated rings. The van der Waals surface area contributed by atoms with Gasteiger partial charge in [0, 0.05) is 30.7 Å². The standard InChI is InChI=1S/C26H25N5O2/c1-17(30-33-23-7-2-3-14-32-23)18-8-10-19(11-9-18)24-21-6-4-5-20-12-13-31(25(20)21)26-22(29-24)15-27-16-28-26/h4-6,8-11,15-16,23,30H,1-3,7,12-14H2. The number of rotatable bonds is 5. The second-order valence-corrected chi connectivity index (χ2v) is 8.48. The van der Waals surface area contributed by atoms with E-state index in [-0.39, 0.29) is 6.29 Å². The van der Waals surface area contributed by atoms with Crippen LogP contribution in [0.3, 0.4) is 0 Å². The predicted octanol–water partition coefficient (Wildman–Crippen LogP) is 4.67. The van der Waals surface area contributed by atoms with E-state index in [2.05, 4.69) is 57.3 Å². The molecular weight excluding hydrogens is 414 g/mol. The summed E-state index contributed by atoms with van der Waals surface area (Å²) in [4.78, 5) is 21.7. The van der Waals surface area contributed by atoms with E-state index in [1.807, 2.05) is 12.1 Å². The minimum Gasteiger partial charge on any atom is -0.350 e. The van der Waals surface area contributed by atoms with Crippen LogP contribution in [-0.2, 0) is 16.0 Å². The van der Waals surface area contributed by atoms with Crippen LogP contribution in [-0.4, -0.2) is 35.1 Å². The number of nitrogens with zero attached hydrogens (tertiary/aromatic N) is 4. The minimum absolute atomic E-state index is 0.222. The molecule has 0 amide bonds. The van der Waals surface area contributed by atoms with Crippen LogP contribution in [0, 0.1) is 0 Å². The van der Waals surface area contributed by atoms with Crippen molar-refractivity contribution >= 4 is 28.6 Å². The van der Waals surface area contributed by atoms with Crippen LogP contribution in [0.2, 0.25) is 0 Å². The van der Waals surface area contributed by atoms with Crippen LogP contribution in [0.15, 0.2) is 66.6 Å². The van der Waals surface area contributed by atoms with Crippen molar-refractivity contribution in [3.63, 3.8) is 0 Å². The van der Waals surface area contributed by atoms with Gasteiger partial charge in [0.15, 0.2) is 12.1 Å². The summed E-state index contributed by atoms with van der Waals surface area (Å²) in [5, 5.41) is 0. The quantitative estimate of drug-likeness (QED) is 0.583. The largest absolute Gasteiger partial charge is 0.350 e. The van der Waals surface area contributed by atoms with Gasteiger partial charge in [0.1, 0.15) is 12.0 Å². The first-order valence-electron chi connectivity index (χ1n) is 11.4. The highest BCUT2D eigenvalue weighted by molar-refractivity contribution is 6.19. The van der Waals surface area contributed by atoms with Crippen molar-refractivity contribution in [3.8, 4) is 0 Å². The highest BCUT2D eigenvalue weighted by Gasteiger charge is 2.30. The number of fused-ring (bicyclic) bond motifs is 2. The van der Waals surface area contributed by atoms with E-state index in [9.17, 15) is 0 Å². The molecule has 3 aromatic rings. The van der Waals surface area contributed by atoms with Crippen molar-refractivity contribution in [3.05, 3.63) is 83.8 Å². The third-order valence-corrected chi connectivity index (χ3v) is 6.37. The number of anilines is 2. The van der Waals surface area contributed by atoms with Gasteiger partial charge in [0.05, 0.1) is 23.3 Å². The normalized spacial score (nSPS) is 18.7. The number of hydroxylamine groups is 1. The Balaban J connectivity index is 1.31. The van der Waals surface area contributed by atoms with Crippen LogP contribution in [0.25, 0.3) is 5.70 Å². The maximum Gasteiger partial charge on any atom is 0.183 e. The number of aromatic nitrogens is 2. The number of hydrogen-bond donors (Lipinski definition) is 1. The molecule has 33 heavy (non-hydrogen) atoms. The highest BCUT2D eigenvalue weighted by atomic mass is 16.8. The Morgan fingerprint density at radius 2 is 2.06 bits per heavy atom. The molecule has 3 aliphatic rings. The molecule has 166 valence electrons. The molecule has 7 nitrogen and oxygen atoms in total. The lowest BCUT2D eigenvalue weighted by Gasteiger charge is -2.23. The van der Waals surface area contributed by atoms with E-state index in [1.165, 1.54) is 11.3 Å². The summed E-state index contributed by atoms with van der Waals surface area (Å²) in [6, 6.07) is 14.7. The summed E-state index contributed by atoms with van der Waals surface area (Å²) in [7, 11) is 0. The summed E-state index contributed by atoms with van der Waals surface area (Å²) in [6.07, 6.45) is 7.25. The molecule has 0 saturated carbocycles. The first-order chi connectivity index (χ1) is 16.3. The fourth-order valence-electron chi connectivity index (χ4n) is 4.69. The Morgan fingerprint density at radius 1 is 1.15 bits per heavy atom. The van der Waals surface area contributed by atoms with Gasteiger partial charge >= 0.3 is 0 Å². The lowest BCUT2D eigenvalue weighted by atomic mass is 9.97. The van der Waals surface area contributed by atoms with Crippen molar-refractivity contribution in [2.24, 2.45) is 4.99 Å².